The average Bonchev–Trinajstić information content (AvgIpc) is 4.02. The molecular weight excluding hydrogens is 999 g/mol. The molecule has 3 N–H and O–H groups in total. The number of thiocarbonyl (C=S) groups is 1. The maximum atomic E-state index is 15.9. The molecule has 2 aliphatic rings. The molecule has 0 radical (unpaired) electrons. The van der Waals surface area contributed by atoms with E-state index in [4.69, 9.17) is 21.7 Å². The highest BCUT2D eigenvalue weighted by atomic mass is 32.1. The zero-order valence-electron chi connectivity index (χ0n) is 41.9. The Morgan fingerprint density at radius 3 is 2.24 bits per heavy atom. The van der Waals surface area contributed by atoms with E-state index in [0.29, 0.717) is 42.4 Å². The number of aryl methyl sites for hydroxylation is 1. The van der Waals surface area contributed by atoms with E-state index in [2.05, 4.69) is 15.6 Å². The number of alkyl halides is 3. The van der Waals surface area contributed by atoms with Crippen LogP contribution < -0.4 is 25.2 Å². The van der Waals surface area contributed by atoms with Crippen LogP contribution in [0.2, 0.25) is 0 Å². The van der Waals surface area contributed by atoms with Crippen LogP contribution in [-0.2, 0) is 30.1 Å². The quantitative estimate of drug-likeness (QED) is 0.0460. The summed E-state index contributed by atoms with van der Waals surface area (Å²) in [6.45, 7) is 12.4. The van der Waals surface area contributed by atoms with E-state index in [-0.39, 0.29) is 48.7 Å². The van der Waals surface area contributed by atoms with Crippen molar-refractivity contribution in [2.75, 3.05) is 36.2 Å². The molecule has 0 aliphatic carbocycles. The highest BCUT2D eigenvalue weighted by molar-refractivity contribution is 7.81. The Kier molecular flexibility index (Phi) is 16.6. The third-order valence-electron chi connectivity index (χ3n) is 13.0. The summed E-state index contributed by atoms with van der Waals surface area (Å²) in [7, 11) is 0. The van der Waals surface area contributed by atoms with Gasteiger partial charge in [0.25, 0.3) is 5.91 Å². The second-order valence-corrected chi connectivity index (χ2v) is 21.1. The van der Waals surface area contributed by atoms with Gasteiger partial charge in [-0.3, -0.25) is 24.1 Å². The predicted octanol–water partition coefficient (Wildman–Crippen LogP) is 9.28. The first-order valence-electron chi connectivity index (χ1n) is 23.9. The van der Waals surface area contributed by atoms with Gasteiger partial charge in [0.05, 0.1) is 63.4 Å². The monoisotopic (exact) mass is 1060 g/mol. The van der Waals surface area contributed by atoms with E-state index in [1.54, 1.807) is 68.0 Å². The van der Waals surface area contributed by atoms with Crippen LogP contribution >= 0.6 is 23.6 Å². The fourth-order valence-corrected chi connectivity index (χ4v) is 10.2. The van der Waals surface area contributed by atoms with Gasteiger partial charge < -0.3 is 35.0 Å². The molecule has 4 atom stereocenters. The number of unbranched alkanes of at least 4 members (excludes halogenated alkanes) is 1. The average molecular weight is 1060 g/mol. The summed E-state index contributed by atoms with van der Waals surface area (Å²) in [5, 5.41) is 25.4. The zero-order valence-corrected chi connectivity index (χ0v) is 43.5. The lowest BCUT2D eigenvalue weighted by molar-refractivity contribution is -0.144. The number of hydrogen-bond donors (Lipinski definition) is 3. The van der Waals surface area contributed by atoms with Crippen LogP contribution in [0.25, 0.3) is 21.6 Å². The molecule has 2 aliphatic heterocycles. The minimum Gasteiger partial charge on any atom is -0.494 e. The van der Waals surface area contributed by atoms with Crippen LogP contribution in [0.3, 0.4) is 0 Å². The lowest BCUT2D eigenvalue weighted by Gasteiger charge is -2.35. The number of nitrogens with one attached hydrogen (secondary N) is 2. The molecule has 2 saturated heterocycles. The van der Waals surface area contributed by atoms with Gasteiger partial charge in [0.1, 0.15) is 35.8 Å². The summed E-state index contributed by atoms with van der Waals surface area (Å²) in [5.74, 6) is -2.24. The van der Waals surface area contributed by atoms with Crippen LogP contribution in [-0.4, -0.2) is 93.8 Å². The van der Waals surface area contributed by atoms with Gasteiger partial charge in [0.15, 0.2) is 5.11 Å². The molecule has 7 rings (SSSR count). The first kappa shape index (κ1) is 55.0. The third kappa shape index (κ3) is 12.1. The Labute approximate surface area is 436 Å². The second-order valence-electron chi connectivity index (χ2n) is 19.8. The van der Waals surface area contributed by atoms with Crippen LogP contribution in [0.5, 0.6) is 5.75 Å². The number of carbonyl (C=O) groups excluding carboxylic acids is 4. The van der Waals surface area contributed by atoms with E-state index in [1.807, 2.05) is 38.1 Å². The van der Waals surface area contributed by atoms with E-state index in [9.17, 15) is 42.7 Å². The number of aromatic nitrogens is 1. The van der Waals surface area contributed by atoms with Gasteiger partial charge >= 0.3 is 6.18 Å². The number of ether oxygens (including phenoxy) is 2. The highest BCUT2D eigenvalue weighted by Gasteiger charge is 2.52. The number of benzene rings is 4. The summed E-state index contributed by atoms with van der Waals surface area (Å²) in [5.41, 5.74) is 1.46. The Balaban J connectivity index is 0.859. The summed E-state index contributed by atoms with van der Waals surface area (Å²) < 4.78 is 68.8. The molecule has 0 saturated carbocycles. The van der Waals surface area contributed by atoms with Crippen molar-refractivity contribution in [1.29, 1.82) is 5.26 Å². The normalized spacial score (nSPS) is 17.5. The zero-order chi connectivity index (χ0) is 53.9. The Morgan fingerprint density at radius 2 is 1.62 bits per heavy atom. The number of amides is 4. The van der Waals surface area contributed by atoms with E-state index in [1.165, 1.54) is 47.9 Å². The third-order valence-corrected chi connectivity index (χ3v) is 14.3. The predicted molar refractivity (Wildman–Crippen MR) is 277 cm³/mol. The lowest BCUT2D eigenvalue weighted by Crippen LogP contribution is -2.58. The number of nitriles is 1. The van der Waals surface area contributed by atoms with Crippen molar-refractivity contribution in [3.8, 4) is 33.4 Å². The minimum absolute atomic E-state index is 0.0551. The van der Waals surface area contributed by atoms with Gasteiger partial charge in [0.2, 0.25) is 17.7 Å². The summed E-state index contributed by atoms with van der Waals surface area (Å²) in [6.07, 6.45) is -4.59. The maximum Gasteiger partial charge on any atom is 0.417 e. The fraction of sp³-hybridized carbons (Fsp3) is 0.389. The smallest absolute Gasteiger partial charge is 0.417 e. The number of thiazole rings is 1. The first-order valence-corrected chi connectivity index (χ1v) is 25.2. The molecule has 0 spiro atoms. The van der Waals surface area contributed by atoms with Crippen LogP contribution in [0.1, 0.15) is 89.2 Å². The second kappa shape index (κ2) is 22.4. The molecule has 14 nitrogen and oxygen atoms in total. The fourth-order valence-electron chi connectivity index (χ4n) is 8.92. The number of likely N-dealkylation sites (tertiary alicyclic amines) is 1. The van der Waals surface area contributed by atoms with E-state index in [0.717, 1.165) is 32.7 Å². The van der Waals surface area contributed by atoms with Gasteiger partial charge in [0, 0.05) is 19.6 Å². The molecule has 0 bridgehead atoms. The van der Waals surface area contributed by atoms with Crippen molar-refractivity contribution in [3.05, 3.63) is 119 Å². The highest BCUT2D eigenvalue weighted by Crippen LogP contribution is 2.41. The molecular formula is C54H57F4N7O7S2. The lowest BCUT2D eigenvalue weighted by atomic mass is 9.85. The van der Waals surface area contributed by atoms with E-state index < -0.39 is 75.9 Å². The van der Waals surface area contributed by atoms with Crippen molar-refractivity contribution in [1.82, 2.24) is 20.5 Å². The number of nitrogens with zero attached hydrogens (tertiary/aromatic N) is 5. The van der Waals surface area contributed by atoms with E-state index >= 15 is 4.39 Å². The topological polar surface area (TPSA) is 177 Å². The first-order chi connectivity index (χ1) is 34.9. The van der Waals surface area contributed by atoms with Crippen LogP contribution in [0, 0.1) is 29.5 Å². The number of rotatable bonds is 17. The molecule has 74 heavy (non-hydrogen) atoms. The van der Waals surface area contributed by atoms with Gasteiger partial charge in [-0.2, -0.15) is 18.4 Å². The Morgan fingerprint density at radius 1 is 0.959 bits per heavy atom. The van der Waals surface area contributed by atoms with Crippen LogP contribution in [0.15, 0.2) is 90.4 Å². The van der Waals surface area contributed by atoms with Crippen LogP contribution in [0.4, 0.5) is 28.9 Å². The van der Waals surface area contributed by atoms with Crippen molar-refractivity contribution < 1.29 is 51.3 Å². The number of halogens is 4. The number of carbonyl (C=O) groups is 4. The van der Waals surface area contributed by atoms with Crippen molar-refractivity contribution in [3.63, 3.8) is 0 Å². The van der Waals surface area contributed by atoms with Gasteiger partial charge in [-0.05, 0) is 123 Å². The summed E-state index contributed by atoms with van der Waals surface area (Å²) in [4.78, 5) is 63.4. The number of hydrogen-bond acceptors (Lipinski definition) is 11. The maximum absolute atomic E-state index is 15.9. The minimum atomic E-state index is -4.87. The number of aliphatic hydroxyl groups excluding tert-OH is 1. The molecule has 5 aromatic rings. The summed E-state index contributed by atoms with van der Waals surface area (Å²) >= 11 is 7.12. The molecule has 3 heterocycles. The van der Waals surface area contributed by atoms with Crippen molar-refractivity contribution in [2.45, 2.75) is 104 Å². The molecule has 0 unspecified atom stereocenters. The summed E-state index contributed by atoms with van der Waals surface area (Å²) in [6, 6.07) is 21.1. The number of anilines is 2. The molecule has 2 fully saturated rings. The van der Waals surface area contributed by atoms with Gasteiger partial charge in [-0.15, -0.1) is 11.3 Å². The SMILES string of the molecule is Cc1ncsc1-c1ccc([C@H](C)NC(=O)[C@@H]2C[C@@H](O)CN2C(=O)[C@@H](NC(=O)COCCCCOc2ccc(-c3ccc(N4C(=S)N(c5ccc(C#N)c(C(F)(F)F)c5)C(=O)C4(C)C)c(F)c3)cc2)C(C)(C)C)cc1. The van der Waals surface area contributed by atoms with Gasteiger partial charge in [-0.25, -0.2) is 9.37 Å². The Bertz CT molecular complexity index is 2950. The molecule has 390 valence electrons. The molecule has 4 aromatic carbocycles. The number of aliphatic hydroxyl groups is 1. The molecule has 20 heteroatoms. The van der Waals surface area contributed by atoms with Gasteiger partial charge in [-0.1, -0.05) is 63.2 Å². The Hall–Kier alpha value is -6.79. The van der Waals surface area contributed by atoms with Crippen molar-refractivity contribution >= 4 is 63.7 Å². The molecule has 1 aromatic heterocycles. The molecule has 4 amide bonds. The van der Waals surface area contributed by atoms with Crippen molar-refractivity contribution in [2.24, 2.45) is 5.41 Å². The standard InChI is InChI=1S/C54H57F4N7O7S2/c1-31(33-10-12-35(13-11-33)46-32(2)60-30-74-46)61-48(68)44-26-39(66)28-63(44)49(69)47(52(3,4)5)62-45(67)29-71-22-8-9-23-72-40-19-15-34(16-20-40)36-17-21-43(42(55)24-36)65-51(73)64(50(70)53(65,6)7)38-18-14-37(27-59)41(25-38)54(56,57)58/h10-21,24-25,30-31,39,44,47,66H,8-9,22-23,26,28-29H2,1-7H3,(H,61,68)(H,62,67)/t31-,39+,44-,47+/m0/s1. The number of β-amino-alcohol motifs (C(OH)–C–C–N with tert-alkyl or cyclic N) is 1. The largest absolute Gasteiger partial charge is 0.494 e.